The van der Waals surface area contributed by atoms with Crippen molar-refractivity contribution < 1.29 is 23.9 Å². The van der Waals surface area contributed by atoms with Crippen molar-refractivity contribution >= 4 is 40.7 Å². The Bertz CT molecular complexity index is 1430. The number of carbonyl (C=O) groups is 4. The highest BCUT2D eigenvalue weighted by molar-refractivity contribution is 6.37. The molecule has 174 valence electrons. The fourth-order valence-electron chi connectivity index (χ4n) is 5.65. The molecule has 6 nitrogen and oxygen atoms in total. The molecule has 7 heteroatoms. The number of fused-ring (bicyclic) bond motifs is 3. The number of carbonyl (C=O) groups excluding carboxylic acids is 4. The average molecular weight is 486 g/mol. The number of hydrogen-bond acceptors (Lipinski definition) is 5. The van der Waals surface area contributed by atoms with Gasteiger partial charge in [-0.1, -0.05) is 71.8 Å². The van der Waals surface area contributed by atoms with Crippen LogP contribution in [0.3, 0.4) is 0 Å². The SMILES string of the molecule is Cc1ccc([C@@H]2OC3(C(=O)c4ccccc4C3=O)[C@H]3C(=O)N(c4cccc(Cl)c4C)C(=O)[C@H]23)cc1. The maximum atomic E-state index is 14.0. The highest BCUT2D eigenvalue weighted by Crippen LogP contribution is 2.58. The number of aryl methyl sites for hydroxylation is 1. The van der Waals surface area contributed by atoms with Crippen LogP contribution in [-0.4, -0.2) is 29.0 Å². The lowest BCUT2D eigenvalue weighted by Gasteiger charge is -2.28. The third-order valence-electron chi connectivity index (χ3n) is 7.40. The number of imide groups is 1. The molecule has 3 aromatic rings. The highest BCUT2D eigenvalue weighted by Gasteiger charge is 2.74. The molecular formula is C28H20ClNO5. The number of rotatable bonds is 2. The smallest absolute Gasteiger partial charge is 0.241 e. The second-order valence-corrected chi connectivity index (χ2v) is 9.70. The van der Waals surface area contributed by atoms with E-state index in [0.29, 0.717) is 21.8 Å². The fraction of sp³-hybridized carbons (Fsp3) is 0.214. The van der Waals surface area contributed by atoms with Crippen molar-refractivity contribution in [1.29, 1.82) is 0 Å². The Morgan fingerprint density at radius 1 is 0.800 bits per heavy atom. The summed E-state index contributed by atoms with van der Waals surface area (Å²) in [6, 6.07) is 18.8. The Balaban J connectivity index is 1.56. The van der Waals surface area contributed by atoms with Gasteiger partial charge in [-0.3, -0.25) is 19.2 Å². The van der Waals surface area contributed by atoms with E-state index in [1.807, 2.05) is 19.1 Å². The molecular weight excluding hydrogens is 466 g/mol. The van der Waals surface area contributed by atoms with Crippen molar-refractivity contribution in [1.82, 2.24) is 0 Å². The van der Waals surface area contributed by atoms with Crippen molar-refractivity contribution in [3.05, 3.63) is 99.6 Å². The summed E-state index contributed by atoms with van der Waals surface area (Å²) < 4.78 is 6.30. The Labute approximate surface area is 206 Å². The molecule has 0 radical (unpaired) electrons. The van der Waals surface area contributed by atoms with Crippen LogP contribution < -0.4 is 4.90 Å². The monoisotopic (exact) mass is 485 g/mol. The molecule has 2 saturated heterocycles. The molecule has 3 atom stereocenters. The molecule has 2 amide bonds. The largest absolute Gasteiger partial charge is 0.349 e. The number of ether oxygens (including phenoxy) is 1. The van der Waals surface area contributed by atoms with E-state index in [1.54, 1.807) is 61.5 Å². The van der Waals surface area contributed by atoms with Gasteiger partial charge in [0.25, 0.3) is 0 Å². The van der Waals surface area contributed by atoms with Gasteiger partial charge in [0.1, 0.15) is 0 Å². The van der Waals surface area contributed by atoms with Crippen LogP contribution >= 0.6 is 11.6 Å². The third-order valence-corrected chi connectivity index (χ3v) is 7.81. The Hall–Kier alpha value is -3.61. The number of ketones is 2. The van der Waals surface area contributed by atoms with E-state index in [9.17, 15) is 19.2 Å². The van der Waals surface area contributed by atoms with E-state index in [-0.39, 0.29) is 11.1 Å². The lowest BCUT2D eigenvalue weighted by Crippen LogP contribution is -2.51. The zero-order valence-electron chi connectivity index (χ0n) is 18.9. The number of amides is 2. The van der Waals surface area contributed by atoms with Gasteiger partial charge in [0, 0.05) is 16.1 Å². The summed E-state index contributed by atoms with van der Waals surface area (Å²) in [4.78, 5) is 56.5. The first-order chi connectivity index (χ1) is 16.8. The number of anilines is 1. The van der Waals surface area contributed by atoms with Crippen molar-refractivity contribution in [2.45, 2.75) is 25.6 Å². The summed E-state index contributed by atoms with van der Waals surface area (Å²) in [5, 5.41) is 0.404. The van der Waals surface area contributed by atoms with Gasteiger partial charge in [0.15, 0.2) is 0 Å². The van der Waals surface area contributed by atoms with E-state index in [4.69, 9.17) is 16.3 Å². The van der Waals surface area contributed by atoms with Gasteiger partial charge in [0.05, 0.1) is 23.6 Å². The Kier molecular flexibility index (Phi) is 4.66. The zero-order valence-corrected chi connectivity index (χ0v) is 19.7. The van der Waals surface area contributed by atoms with Gasteiger partial charge >= 0.3 is 0 Å². The molecule has 6 rings (SSSR count). The lowest BCUT2D eigenvalue weighted by atomic mass is 9.77. The van der Waals surface area contributed by atoms with Crippen LogP contribution in [0.1, 0.15) is 43.5 Å². The number of halogens is 1. The van der Waals surface area contributed by atoms with Crippen LogP contribution in [0.4, 0.5) is 5.69 Å². The van der Waals surface area contributed by atoms with Gasteiger partial charge in [-0.15, -0.1) is 0 Å². The first kappa shape index (κ1) is 21.9. The molecule has 35 heavy (non-hydrogen) atoms. The fourth-order valence-corrected chi connectivity index (χ4v) is 5.82. The number of hydrogen-bond donors (Lipinski definition) is 0. The van der Waals surface area contributed by atoms with Gasteiger partial charge in [-0.05, 0) is 37.1 Å². The Morgan fingerprint density at radius 3 is 2.06 bits per heavy atom. The summed E-state index contributed by atoms with van der Waals surface area (Å²) in [5.74, 6) is -4.61. The van der Waals surface area contributed by atoms with E-state index >= 15 is 0 Å². The maximum Gasteiger partial charge on any atom is 0.241 e. The van der Waals surface area contributed by atoms with Crippen LogP contribution in [0.25, 0.3) is 0 Å². The maximum absolute atomic E-state index is 14.0. The molecule has 0 N–H and O–H groups in total. The molecule has 0 unspecified atom stereocenters. The minimum Gasteiger partial charge on any atom is -0.349 e. The van der Waals surface area contributed by atoms with Gasteiger partial charge in [0.2, 0.25) is 29.0 Å². The highest BCUT2D eigenvalue weighted by atomic mass is 35.5. The molecule has 2 fully saturated rings. The van der Waals surface area contributed by atoms with Crippen LogP contribution in [0.2, 0.25) is 5.02 Å². The summed E-state index contributed by atoms with van der Waals surface area (Å²) in [7, 11) is 0. The van der Waals surface area contributed by atoms with Crippen LogP contribution in [0.15, 0.2) is 66.7 Å². The van der Waals surface area contributed by atoms with Gasteiger partial charge < -0.3 is 4.74 Å². The van der Waals surface area contributed by atoms with Crippen LogP contribution in [0.5, 0.6) is 0 Å². The molecule has 1 spiro atoms. The summed E-state index contributed by atoms with van der Waals surface area (Å²) in [6.45, 7) is 3.65. The molecule has 2 aliphatic heterocycles. The van der Waals surface area contributed by atoms with Gasteiger partial charge in [-0.2, -0.15) is 0 Å². The molecule has 1 aliphatic carbocycles. The number of Topliss-reactive ketones (excluding diaryl/α,β-unsaturated/α-hetero) is 2. The van der Waals surface area contributed by atoms with Crippen molar-refractivity contribution in [2.75, 3.05) is 4.90 Å². The molecule has 3 aliphatic rings. The predicted molar refractivity (Wildman–Crippen MR) is 129 cm³/mol. The quantitative estimate of drug-likeness (QED) is 0.390. The van der Waals surface area contributed by atoms with Crippen molar-refractivity contribution in [2.24, 2.45) is 11.8 Å². The molecule has 0 saturated carbocycles. The molecule has 0 bridgehead atoms. The summed E-state index contributed by atoms with van der Waals surface area (Å²) >= 11 is 6.29. The summed E-state index contributed by atoms with van der Waals surface area (Å²) in [5.41, 5.74) is 0.864. The zero-order chi connectivity index (χ0) is 24.6. The standard InChI is InChI=1S/C28H20ClNO5/c1-14-10-12-16(13-11-14)23-21-22(27(34)30(26(21)33)20-9-5-8-19(29)15(20)2)28(35-23)24(31)17-6-3-4-7-18(17)25(28)32/h3-13,21-23H,1-2H3/t21-,22+,23-/m0/s1. The van der Waals surface area contributed by atoms with Crippen molar-refractivity contribution in [3.63, 3.8) is 0 Å². The Morgan fingerprint density at radius 2 is 1.43 bits per heavy atom. The minimum atomic E-state index is -2.09. The van der Waals surface area contributed by atoms with Crippen LogP contribution in [-0.2, 0) is 14.3 Å². The van der Waals surface area contributed by atoms with Gasteiger partial charge in [-0.25, -0.2) is 4.90 Å². The molecule has 0 aromatic heterocycles. The predicted octanol–water partition coefficient (Wildman–Crippen LogP) is 4.65. The van der Waals surface area contributed by atoms with Crippen LogP contribution in [0, 0.1) is 25.7 Å². The second kappa shape index (κ2) is 7.44. The average Bonchev–Trinajstić information content (AvgIpc) is 3.42. The summed E-state index contributed by atoms with van der Waals surface area (Å²) in [6.07, 6.45) is -0.941. The van der Waals surface area contributed by atoms with E-state index < -0.39 is 46.9 Å². The third kappa shape index (κ3) is 2.75. The lowest BCUT2D eigenvalue weighted by molar-refractivity contribution is -0.127. The van der Waals surface area contributed by atoms with E-state index in [0.717, 1.165) is 10.5 Å². The normalized spacial score (nSPS) is 24.4. The molecule has 3 aromatic carbocycles. The van der Waals surface area contributed by atoms with E-state index in [2.05, 4.69) is 0 Å². The second-order valence-electron chi connectivity index (χ2n) is 9.29. The van der Waals surface area contributed by atoms with E-state index in [1.165, 1.54) is 0 Å². The van der Waals surface area contributed by atoms with Crippen molar-refractivity contribution in [3.8, 4) is 0 Å². The molecule has 2 heterocycles. The minimum absolute atomic E-state index is 0.207. The number of benzene rings is 3. The first-order valence-electron chi connectivity index (χ1n) is 11.3. The number of nitrogens with zero attached hydrogens (tertiary/aromatic N) is 1. The topological polar surface area (TPSA) is 80.8 Å². The first-order valence-corrected chi connectivity index (χ1v) is 11.7.